The molecule has 2 unspecified atom stereocenters. The lowest BCUT2D eigenvalue weighted by Gasteiger charge is -2.38. The Morgan fingerprint density at radius 3 is 2.25 bits per heavy atom. The van der Waals surface area contributed by atoms with Gasteiger partial charge in [-0.2, -0.15) is 4.39 Å². The molecular weight excluding hydrogens is 406 g/mol. The van der Waals surface area contributed by atoms with Crippen molar-refractivity contribution in [2.24, 2.45) is 11.8 Å². The Balaban J connectivity index is 1.34. The number of ether oxygens (including phenoxy) is 2. The van der Waals surface area contributed by atoms with Crippen molar-refractivity contribution in [2.45, 2.75) is 77.2 Å². The van der Waals surface area contributed by atoms with Gasteiger partial charge in [-0.05, 0) is 92.9 Å². The normalized spacial score (nSPS) is 26.1. The van der Waals surface area contributed by atoms with Crippen molar-refractivity contribution in [1.82, 2.24) is 0 Å². The van der Waals surface area contributed by atoms with Crippen LogP contribution in [0.15, 0.2) is 36.4 Å². The van der Waals surface area contributed by atoms with E-state index in [9.17, 15) is 8.78 Å². The predicted octanol–water partition coefficient (Wildman–Crippen LogP) is 7.90. The molecule has 1 aliphatic carbocycles. The Hall–Kier alpha value is -1.94. The van der Waals surface area contributed by atoms with Crippen LogP contribution in [0.4, 0.5) is 8.78 Å². The summed E-state index contributed by atoms with van der Waals surface area (Å²) < 4.78 is 40.2. The number of halogens is 2. The smallest absolute Gasteiger partial charge is 0.201 e. The van der Waals surface area contributed by atoms with Crippen LogP contribution in [0, 0.1) is 23.5 Å². The van der Waals surface area contributed by atoms with Crippen molar-refractivity contribution in [3.05, 3.63) is 53.6 Å². The van der Waals surface area contributed by atoms with Crippen molar-refractivity contribution >= 4 is 0 Å². The third-order valence-corrected chi connectivity index (χ3v) is 7.44. The molecule has 174 valence electrons. The maximum absolute atomic E-state index is 14.5. The van der Waals surface area contributed by atoms with E-state index in [1.807, 2.05) is 12.1 Å². The Bertz CT molecular complexity index is 864. The molecule has 2 aromatic rings. The first kappa shape index (κ1) is 23.2. The summed E-state index contributed by atoms with van der Waals surface area (Å²) in [5.41, 5.74) is 2.27. The average Bonchev–Trinajstić information content (AvgIpc) is 2.83. The van der Waals surface area contributed by atoms with E-state index in [-0.39, 0.29) is 11.3 Å². The van der Waals surface area contributed by atoms with E-state index in [2.05, 4.69) is 19.1 Å². The monoisotopic (exact) mass is 442 g/mol. The third kappa shape index (κ3) is 5.17. The molecule has 1 saturated heterocycles. The fraction of sp³-hybridized carbons (Fsp3) is 0.571. The highest BCUT2D eigenvalue weighted by Gasteiger charge is 2.32. The van der Waals surface area contributed by atoms with Gasteiger partial charge in [0.1, 0.15) is 0 Å². The van der Waals surface area contributed by atoms with Crippen LogP contribution in [0.25, 0.3) is 11.1 Å². The minimum absolute atomic E-state index is 0.0371. The zero-order valence-electron chi connectivity index (χ0n) is 19.4. The summed E-state index contributed by atoms with van der Waals surface area (Å²) >= 11 is 0. The second-order valence-corrected chi connectivity index (χ2v) is 9.51. The predicted molar refractivity (Wildman–Crippen MR) is 125 cm³/mol. The van der Waals surface area contributed by atoms with Gasteiger partial charge in [0, 0.05) is 12.2 Å². The van der Waals surface area contributed by atoms with Crippen LogP contribution in [-0.4, -0.2) is 19.3 Å². The average molecular weight is 443 g/mol. The standard InChI is InChI=1S/C28H36F2O2/c1-3-5-19-6-16-25(32-18-19)23-13-9-21(10-14-23)20-7-11-22(12-8-20)24-15-17-26(31-4-2)28(30)27(24)29/h7-8,11-12,15,17,19,21,23,25H,3-6,9-10,13-14,16,18H2,1-2H3. The molecule has 2 aromatic carbocycles. The molecule has 1 aliphatic heterocycles. The van der Waals surface area contributed by atoms with E-state index in [1.54, 1.807) is 13.0 Å². The second kappa shape index (κ2) is 10.8. The minimum Gasteiger partial charge on any atom is -0.491 e. The molecule has 4 heteroatoms. The first-order valence-corrected chi connectivity index (χ1v) is 12.4. The van der Waals surface area contributed by atoms with Crippen molar-refractivity contribution < 1.29 is 18.3 Å². The highest BCUT2D eigenvalue weighted by Crippen LogP contribution is 2.41. The van der Waals surface area contributed by atoms with E-state index >= 15 is 0 Å². The van der Waals surface area contributed by atoms with Crippen LogP contribution in [-0.2, 0) is 4.74 Å². The molecule has 2 fully saturated rings. The summed E-state index contributed by atoms with van der Waals surface area (Å²) in [6.07, 6.45) is 10.3. The molecule has 32 heavy (non-hydrogen) atoms. The summed E-state index contributed by atoms with van der Waals surface area (Å²) in [7, 11) is 0. The van der Waals surface area contributed by atoms with E-state index in [1.165, 1.54) is 63.0 Å². The fourth-order valence-corrected chi connectivity index (χ4v) is 5.61. The van der Waals surface area contributed by atoms with Crippen molar-refractivity contribution in [3.8, 4) is 16.9 Å². The van der Waals surface area contributed by atoms with E-state index < -0.39 is 11.6 Å². The fourth-order valence-electron chi connectivity index (χ4n) is 5.61. The van der Waals surface area contributed by atoms with Crippen LogP contribution in [0.3, 0.4) is 0 Å². The molecule has 4 rings (SSSR count). The van der Waals surface area contributed by atoms with Gasteiger partial charge in [0.2, 0.25) is 5.82 Å². The molecule has 1 saturated carbocycles. The molecule has 0 spiro atoms. The zero-order valence-corrected chi connectivity index (χ0v) is 19.4. The molecule has 0 N–H and O–H groups in total. The Morgan fingerprint density at radius 1 is 0.875 bits per heavy atom. The minimum atomic E-state index is -0.919. The summed E-state index contributed by atoms with van der Waals surface area (Å²) in [6.45, 7) is 5.26. The maximum atomic E-state index is 14.5. The molecule has 2 aliphatic rings. The maximum Gasteiger partial charge on any atom is 0.201 e. The van der Waals surface area contributed by atoms with Crippen molar-refractivity contribution in [2.75, 3.05) is 13.2 Å². The molecule has 0 radical (unpaired) electrons. The Kier molecular flexibility index (Phi) is 7.83. The van der Waals surface area contributed by atoms with Gasteiger partial charge in [-0.1, -0.05) is 37.6 Å². The SMILES string of the molecule is CCCC1CCC(C2CCC(c3ccc(-c4ccc(OCC)c(F)c4F)cc3)CC2)OC1. The first-order chi connectivity index (χ1) is 15.6. The summed E-state index contributed by atoms with van der Waals surface area (Å²) in [6, 6.07) is 11.1. The van der Waals surface area contributed by atoms with Crippen molar-refractivity contribution in [3.63, 3.8) is 0 Å². The van der Waals surface area contributed by atoms with Gasteiger partial charge in [0.15, 0.2) is 11.6 Å². The molecule has 2 atom stereocenters. The van der Waals surface area contributed by atoms with Crippen LogP contribution in [0.5, 0.6) is 5.75 Å². The van der Waals surface area contributed by atoms with Crippen LogP contribution in [0.1, 0.15) is 76.7 Å². The Morgan fingerprint density at radius 2 is 1.62 bits per heavy atom. The molecular formula is C28H36F2O2. The van der Waals surface area contributed by atoms with Crippen LogP contribution < -0.4 is 4.74 Å². The van der Waals surface area contributed by atoms with Crippen LogP contribution >= 0.6 is 0 Å². The van der Waals surface area contributed by atoms with E-state index in [0.29, 0.717) is 30.1 Å². The molecule has 0 bridgehead atoms. The van der Waals surface area contributed by atoms with Gasteiger partial charge in [-0.25, -0.2) is 4.39 Å². The molecule has 1 heterocycles. The van der Waals surface area contributed by atoms with Gasteiger partial charge in [0.25, 0.3) is 0 Å². The van der Waals surface area contributed by atoms with Gasteiger partial charge < -0.3 is 9.47 Å². The third-order valence-electron chi connectivity index (χ3n) is 7.44. The molecule has 2 nitrogen and oxygen atoms in total. The summed E-state index contributed by atoms with van der Waals surface area (Å²) in [5, 5.41) is 0. The zero-order chi connectivity index (χ0) is 22.5. The van der Waals surface area contributed by atoms with Crippen LogP contribution in [0.2, 0.25) is 0 Å². The van der Waals surface area contributed by atoms with Gasteiger partial charge >= 0.3 is 0 Å². The quantitative estimate of drug-likeness (QED) is 0.434. The largest absolute Gasteiger partial charge is 0.491 e. The van der Waals surface area contributed by atoms with Gasteiger partial charge in [-0.15, -0.1) is 0 Å². The van der Waals surface area contributed by atoms with E-state index in [0.717, 1.165) is 12.5 Å². The highest BCUT2D eigenvalue weighted by molar-refractivity contribution is 5.65. The van der Waals surface area contributed by atoms with Crippen molar-refractivity contribution in [1.29, 1.82) is 0 Å². The lowest BCUT2D eigenvalue weighted by Crippen LogP contribution is -2.33. The number of benzene rings is 2. The van der Waals surface area contributed by atoms with Gasteiger partial charge in [0.05, 0.1) is 12.7 Å². The first-order valence-electron chi connectivity index (χ1n) is 12.4. The van der Waals surface area contributed by atoms with E-state index in [4.69, 9.17) is 9.47 Å². The number of rotatable bonds is 7. The van der Waals surface area contributed by atoms with Gasteiger partial charge in [-0.3, -0.25) is 0 Å². The number of hydrogen-bond acceptors (Lipinski definition) is 2. The molecule has 0 aromatic heterocycles. The summed E-state index contributed by atoms with van der Waals surface area (Å²) in [4.78, 5) is 0. The highest BCUT2D eigenvalue weighted by atomic mass is 19.2. The lowest BCUT2D eigenvalue weighted by molar-refractivity contribution is -0.0575. The Labute approximate surface area is 191 Å². The molecule has 0 amide bonds. The second-order valence-electron chi connectivity index (χ2n) is 9.51. The topological polar surface area (TPSA) is 18.5 Å². The number of hydrogen-bond donors (Lipinski definition) is 0. The summed E-state index contributed by atoms with van der Waals surface area (Å²) in [5.74, 6) is 0.188. The lowest BCUT2D eigenvalue weighted by atomic mass is 9.75.